The minimum atomic E-state index is -1.02. The lowest BCUT2D eigenvalue weighted by Gasteiger charge is -2.33. The number of amides is 2. The number of carboxylic acid groups (broad SMARTS) is 1. The van der Waals surface area contributed by atoms with Crippen LogP contribution in [0.1, 0.15) is 41.4 Å². The fraction of sp³-hybridized carbons (Fsp3) is 0.471. The molecule has 2 amide bonds. The molecule has 2 aromatic rings. The van der Waals surface area contributed by atoms with Gasteiger partial charge in [0.15, 0.2) is 0 Å². The molecule has 6 N–H and O–H groups in total. The monoisotopic (exact) mass is 377 g/mol. The number of fused-ring (bicyclic) bond motifs is 1. The number of anilines is 2. The summed E-state index contributed by atoms with van der Waals surface area (Å²) in [6, 6.07) is 1.60. The molecule has 140 valence electrons. The number of nitrogens with two attached hydrogens (primary N) is 2. The molecule has 1 saturated heterocycles. The zero-order valence-electron chi connectivity index (χ0n) is 14.6. The Morgan fingerprint density at radius 1 is 1.42 bits per heavy atom. The highest BCUT2D eigenvalue weighted by molar-refractivity contribution is 7.21. The van der Waals surface area contributed by atoms with Crippen LogP contribution >= 0.6 is 11.3 Å². The number of carboxylic acids is 1. The maximum atomic E-state index is 11.4. The van der Waals surface area contributed by atoms with Gasteiger partial charge in [0.05, 0.1) is 5.69 Å². The number of nitrogens with one attached hydrogen (secondary N) is 1. The van der Waals surface area contributed by atoms with Crippen molar-refractivity contribution < 1.29 is 14.7 Å². The molecule has 0 aromatic carbocycles. The number of aromatic nitrogens is 1. The number of carbonyl (C=O) groups excluding carboxylic acids is 1. The van der Waals surface area contributed by atoms with Gasteiger partial charge in [-0.15, -0.1) is 11.3 Å². The van der Waals surface area contributed by atoms with E-state index in [1.807, 2.05) is 6.07 Å². The molecule has 0 spiro atoms. The Morgan fingerprint density at radius 3 is 2.69 bits per heavy atom. The Kier molecular flexibility index (Phi) is 5.17. The lowest BCUT2D eigenvalue weighted by molar-refractivity contribution is 0.0703. The number of aromatic carboxylic acids is 1. The van der Waals surface area contributed by atoms with Crippen molar-refractivity contribution >= 4 is 45.1 Å². The molecule has 2 aromatic heterocycles. The Hall–Kier alpha value is -2.55. The van der Waals surface area contributed by atoms with Crippen LogP contribution in [-0.2, 0) is 6.42 Å². The minimum Gasteiger partial charge on any atom is -0.477 e. The predicted molar refractivity (Wildman–Crippen MR) is 103 cm³/mol. The smallest absolute Gasteiger partial charge is 0.348 e. The third-order valence-corrected chi connectivity index (χ3v) is 5.73. The normalized spacial score (nSPS) is 15.3. The Morgan fingerprint density at radius 2 is 2.12 bits per heavy atom. The highest BCUT2D eigenvalue weighted by Gasteiger charge is 2.24. The van der Waals surface area contributed by atoms with Gasteiger partial charge < -0.3 is 26.8 Å². The first kappa shape index (κ1) is 18.2. The molecule has 0 atom stereocenters. The van der Waals surface area contributed by atoms with Gasteiger partial charge in [-0.05, 0) is 30.9 Å². The van der Waals surface area contributed by atoms with Gasteiger partial charge >= 0.3 is 12.0 Å². The average molecular weight is 377 g/mol. The van der Waals surface area contributed by atoms with E-state index in [0.717, 1.165) is 66.9 Å². The van der Waals surface area contributed by atoms with Crippen molar-refractivity contribution in [3.05, 3.63) is 16.5 Å². The van der Waals surface area contributed by atoms with Crippen LogP contribution in [0.15, 0.2) is 6.07 Å². The van der Waals surface area contributed by atoms with Gasteiger partial charge in [0.2, 0.25) is 0 Å². The van der Waals surface area contributed by atoms with E-state index in [1.165, 1.54) is 0 Å². The fourth-order valence-corrected chi connectivity index (χ4v) is 4.40. The summed E-state index contributed by atoms with van der Waals surface area (Å²) in [6.45, 7) is 3.58. The molecule has 0 unspecified atom stereocenters. The van der Waals surface area contributed by atoms with Gasteiger partial charge in [-0.1, -0.05) is 13.3 Å². The highest BCUT2D eigenvalue weighted by Crippen LogP contribution is 2.37. The molecule has 0 aliphatic carbocycles. The van der Waals surface area contributed by atoms with Crippen LogP contribution in [0, 0.1) is 0 Å². The zero-order chi connectivity index (χ0) is 18.8. The molecular formula is C17H23N5O3S. The van der Waals surface area contributed by atoms with Crippen LogP contribution < -0.4 is 21.7 Å². The number of hydrogen-bond donors (Lipinski definition) is 4. The van der Waals surface area contributed by atoms with Crippen molar-refractivity contribution in [3.63, 3.8) is 0 Å². The lowest BCUT2D eigenvalue weighted by atomic mass is 10.0. The number of primary amides is 1. The standard InChI is InChI=1S/C17H23N5O3S/c1-2-3-9-8-11(22-6-4-10(5-7-22)20-17(19)25)21-15-12(9)13(18)14(26-15)16(23)24/h8,10H,2-7,18H2,1H3,(H,23,24)(H3,19,20,25). The molecular weight excluding hydrogens is 354 g/mol. The van der Waals surface area contributed by atoms with Gasteiger partial charge in [0, 0.05) is 24.5 Å². The number of nitrogen functional groups attached to an aromatic ring is 1. The van der Waals surface area contributed by atoms with Crippen LogP contribution in [0.3, 0.4) is 0 Å². The second-order valence-electron chi connectivity index (χ2n) is 6.49. The molecule has 1 aliphatic rings. The highest BCUT2D eigenvalue weighted by atomic mass is 32.1. The summed E-state index contributed by atoms with van der Waals surface area (Å²) in [4.78, 5) is 30.1. The quantitative estimate of drug-likeness (QED) is 0.631. The zero-order valence-corrected chi connectivity index (χ0v) is 15.4. The first-order valence-corrected chi connectivity index (χ1v) is 9.48. The molecule has 3 heterocycles. The summed E-state index contributed by atoms with van der Waals surface area (Å²) in [5, 5.41) is 12.9. The number of thiophene rings is 1. The van der Waals surface area contributed by atoms with Crippen molar-refractivity contribution in [2.75, 3.05) is 23.7 Å². The van der Waals surface area contributed by atoms with E-state index in [1.54, 1.807) is 0 Å². The third kappa shape index (κ3) is 3.52. The van der Waals surface area contributed by atoms with Crippen LogP contribution in [0.5, 0.6) is 0 Å². The van der Waals surface area contributed by atoms with Crippen LogP contribution in [0.4, 0.5) is 16.3 Å². The van der Waals surface area contributed by atoms with E-state index in [4.69, 9.17) is 11.5 Å². The molecule has 0 bridgehead atoms. The van der Waals surface area contributed by atoms with Crippen molar-refractivity contribution in [1.82, 2.24) is 10.3 Å². The van der Waals surface area contributed by atoms with E-state index >= 15 is 0 Å². The number of urea groups is 1. The number of hydrogen-bond acceptors (Lipinski definition) is 6. The summed E-state index contributed by atoms with van der Waals surface area (Å²) in [7, 11) is 0. The SMILES string of the molecule is CCCc1cc(N2CCC(NC(N)=O)CC2)nc2sc(C(=O)O)c(N)c12. The summed E-state index contributed by atoms with van der Waals surface area (Å²) >= 11 is 1.12. The van der Waals surface area contributed by atoms with Gasteiger partial charge in [0.1, 0.15) is 15.5 Å². The van der Waals surface area contributed by atoms with Gasteiger partial charge in [-0.2, -0.15) is 0 Å². The maximum Gasteiger partial charge on any atom is 0.348 e. The van der Waals surface area contributed by atoms with E-state index in [-0.39, 0.29) is 10.9 Å². The number of pyridine rings is 1. The molecule has 26 heavy (non-hydrogen) atoms. The topological polar surface area (TPSA) is 135 Å². The van der Waals surface area contributed by atoms with Crippen molar-refractivity contribution in [2.24, 2.45) is 5.73 Å². The van der Waals surface area contributed by atoms with E-state index in [9.17, 15) is 14.7 Å². The van der Waals surface area contributed by atoms with Gasteiger partial charge in [-0.3, -0.25) is 0 Å². The average Bonchev–Trinajstić information content (AvgIpc) is 2.92. The summed E-state index contributed by atoms with van der Waals surface area (Å²) < 4.78 is 0. The Bertz CT molecular complexity index is 843. The Labute approximate surface area is 155 Å². The minimum absolute atomic E-state index is 0.0820. The summed E-state index contributed by atoms with van der Waals surface area (Å²) in [6.07, 6.45) is 3.32. The molecule has 8 nitrogen and oxygen atoms in total. The first-order valence-electron chi connectivity index (χ1n) is 8.66. The van der Waals surface area contributed by atoms with Gasteiger partial charge in [-0.25, -0.2) is 14.6 Å². The predicted octanol–water partition coefficient (Wildman–Crippen LogP) is 2.17. The fourth-order valence-electron chi connectivity index (χ4n) is 3.43. The van der Waals surface area contributed by atoms with Crippen LogP contribution in [-0.4, -0.2) is 41.2 Å². The first-order chi connectivity index (χ1) is 12.4. The molecule has 0 saturated carbocycles. The molecule has 3 rings (SSSR count). The maximum absolute atomic E-state index is 11.4. The van der Waals surface area contributed by atoms with Gasteiger partial charge in [0.25, 0.3) is 0 Å². The summed E-state index contributed by atoms with van der Waals surface area (Å²) in [5.41, 5.74) is 12.6. The molecule has 1 aliphatic heterocycles. The molecule has 1 fully saturated rings. The third-order valence-electron chi connectivity index (χ3n) is 4.65. The second-order valence-corrected chi connectivity index (χ2v) is 7.49. The Balaban J connectivity index is 1.92. The number of piperidine rings is 1. The van der Waals surface area contributed by atoms with E-state index in [0.29, 0.717) is 10.5 Å². The van der Waals surface area contributed by atoms with Crippen molar-refractivity contribution in [1.29, 1.82) is 0 Å². The number of carbonyl (C=O) groups is 2. The van der Waals surface area contributed by atoms with Crippen LogP contribution in [0.2, 0.25) is 0 Å². The van der Waals surface area contributed by atoms with Crippen molar-refractivity contribution in [3.8, 4) is 0 Å². The lowest BCUT2D eigenvalue weighted by Crippen LogP contribution is -2.46. The molecule has 9 heteroatoms. The number of aryl methyl sites for hydroxylation is 1. The van der Waals surface area contributed by atoms with E-state index in [2.05, 4.69) is 22.1 Å². The molecule has 0 radical (unpaired) electrons. The summed E-state index contributed by atoms with van der Waals surface area (Å²) in [5.74, 6) is -0.190. The number of rotatable bonds is 5. The number of nitrogens with zero attached hydrogens (tertiary/aromatic N) is 2. The van der Waals surface area contributed by atoms with Crippen molar-refractivity contribution in [2.45, 2.75) is 38.6 Å². The van der Waals surface area contributed by atoms with Crippen LogP contribution in [0.25, 0.3) is 10.2 Å². The second kappa shape index (κ2) is 7.36. The largest absolute Gasteiger partial charge is 0.477 e. The van der Waals surface area contributed by atoms with E-state index < -0.39 is 12.0 Å².